The van der Waals surface area contributed by atoms with Crippen LogP contribution in [0.1, 0.15) is 31.2 Å². The van der Waals surface area contributed by atoms with Gasteiger partial charge in [0.2, 0.25) is 5.91 Å². The van der Waals surface area contributed by atoms with E-state index >= 15 is 0 Å². The van der Waals surface area contributed by atoms with Crippen LogP contribution in [0.25, 0.3) is 0 Å². The van der Waals surface area contributed by atoms with Gasteiger partial charge >= 0.3 is 0 Å². The summed E-state index contributed by atoms with van der Waals surface area (Å²) in [6.07, 6.45) is 4.78. The van der Waals surface area contributed by atoms with Crippen molar-refractivity contribution < 1.29 is 14.3 Å². The van der Waals surface area contributed by atoms with Gasteiger partial charge in [0.15, 0.2) is 11.5 Å². The first-order valence-corrected chi connectivity index (χ1v) is 9.17. The van der Waals surface area contributed by atoms with Gasteiger partial charge in [-0.25, -0.2) is 4.98 Å². The molecule has 1 heterocycles. The minimum Gasteiger partial charge on any atom is -0.490 e. The van der Waals surface area contributed by atoms with Crippen LogP contribution in [-0.4, -0.2) is 30.6 Å². The second-order valence-electron chi connectivity index (χ2n) is 5.21. The number of ether oxygens (including phenoxy) is 2. The Labute approximate surface area is 147 Å². The molecule has 24 heavy (non-hydrogen) atoms. The molecule has 0 spiro atoms. The summed E-state index contributed by atoms with van der Waals surface area (Å²) < 4.78 is 11.2. The number of para-hydroxylation sites is 2. The highest BCUT2D eigenvalue weighted by atomic mass is 32.1. The lowest BCUT2D eigenvalue weighted by atomic mass is 10.2. The van der Waals surface area contributed by atoms with Crippen molar-refractivity contribution in [1.82, 2.24) is 10.3 Å². The van der Waals surface area contributed by atoms with Crippen LogP contribution in [0.2, 0.25) is 0 Å². The molecule has 0 radical (unpaired) electrons. The lowest BCUT2D eigenvalue weighted by Crippen LogP contribution is -2.24. The number of benzene rings is 1. The van der Waals surface area contributed by atoms with Gasteiger partial charge < -0.3 is 14.8 Å². The Morgan fingerprint density at radius 2 is 2.00 bits per heavy atom. The number of aryl methyl sites for hydroxylation is 1. The molecule has 2 aromatic rings. The van der Waals surface area contributed by atoms with Gasteiger partial charge in [0.1, 0.15) is 0 Å². The highest BCUT2D eigenvalue weighted by Crippen LogP contribution is 2.26. The smallest absolute Gasteiger partial charge is 0.220 e. The van der Waals surface area contributed by atoms with Crippen molar-refractivity contribution in [3.05, 3.63) is 40.8 Å². The van der Waals surface area contributed by atoms with E-state index in [0.29, 0.717) is 32.6 Å². The highest BCUT2D eigenvalue weighted by molar-refractivity contribution is 7.09. The number of aromatic nitrogens is 1. The topological polar surface area (TPSA) is 60.5 Å². The van der Waals surface area contributed by atoms with Crippen molar-refractivity contribution in [3.8, 4) is 11.5 Å². The average Bonchev–Trinajstić information content (AvgIpc) is 3.11. The van der Waals surface area contributed by atoms with Crippen molar-refractivity contribution in [2.24, 2.45) is 0 Å². The Bertz CT molecular complexity index is 602. The molecule has 130 valence electrons. The van der Waals surface area contributed by atoms with E-state index in [1.807, 2.05) is 42.8 Å². The van der Waals surface area contributed by atoms with Crippen LogP contribution >= 0.6 is 11.3 Å². The minimum atomic E-state index is 0.0656. The molecule has 0 aliphatic heterocycles. The summed E-state index contributed by atoms with van der Waals surface area (Å²) >= 11 is 1.65. The van der Waals surface area contributed by atoms with Gasteiger partial charge in [0.05, 0.1) is 18.2 Å². The number of nitrogens with zero attached hydrogens (tertiary/aromatic N) is 1. The summed E-state index contributed by atoms with van der Waals surface area (Å²) in [5.41, 5.74) is 0. The lowest BCUT2D eigenvalue weighted by molar-refractivity contribution is -0.121. The Hall–Kier alpha value is -2.08. The van der Waals surface area contributed by atoms with Gasteiger partial charge in [0, 0.05) is 31.0 Å². The second-order valence-corrected chi connectivity index (χ2v) is 6.19. The fraction of sp³-hybridized carbons (Fsp3) is 0.444. The normalized spacial score (nSPS) is 10.4. The van der Waals surface area contributed by atoms with E-state index < -0.39 is 0 Å². The van der Waals surface area contributed by atoms with E-state index in [1.165, 1.54) is 0 Å². The fourth-order valence-electron chi connectivity index (χ4n) is 2.19. The molecule has 1 N–H and O–H groups in total. The molecular weight excluding hydrogens is 324 g/mol. The van der Waals surface area contributed by atoms with Gasteiger partial charge in [-0.15, -0.1) is 11.3 Å². The van der Waals surface area contributed by atoms with E-state index in [-0.39, 0.29) is 5.91 Å². The minimum absolute atomic E-state index is 0.0656. The zero-order chi connectivity index (χ0) is 17.0. The first-order valence-electron chi connectivity index (χ1n) is 8.29. The maximum Gasteiger partial charge on any atom is 0.220 e. The molecule has 0 atom stereocenters. The predicted molar refractivity (Wildman–Crippen MR) is 95.8 cm³/mol. The summed E-state index contributed by atoms with van der Waals surface area (Å²) in [7, 11) is 0. The first kappa shape index (κ1) is 18.3. The van der Waals surface area contributed by atoms with Crippen LogP contribution in [0.3, 0.4) is 0 Å². The maximum absolute atomic E-state index is 11.8. The second kappa shape index (κ2) is 10.6. The monoisotopic (exact) mass is 348 g/mol. The summed E-state index contributed by atoms with van der Waals surface area (Å²) in [6.45, 7) is 3.72. The molecule has 0 aliphatic rings. The number of rotatable bonds is 11. The molecule has 1 aromatic heterocycles. The van der Waals surface area contributed by atoms with E-state index in [1.54, 1.807) is 11.3 Å². The lowest BCUT2D eigenvalue weighted by Gasteiger charge is -2.11. The number of hydrogen-bond donors (Lipinski definition) is 1. The maximum atomic E-state index is 11.8. The third-order valence-corrected chi connectivity index (χ3v) is 4.17. The van der Waals surface area contributed by atoms with E-state index in [2.05, 4.69) is 10.3 Å². The Morgan fingerprint density at radius 3 is 2.71 bits per heavy atom. The number of thiazole rings is 1. The number of hydrogen-bond acceptors (Lipinski definition) is 5. The first-order chi connectivity index (χ1) is 11.8. The van der Waals surface area contributed by atoms with Crippen molar-refractivity contribution in [1.29, 1.82) is 0 Å². The highest BCUT2D eigenvalue weighted by Gasteiger charge is 2.05. The molecule has 5 nitrogen and oxygen atoms in total. The van der Waals surface area contributed by atoms with Gasteiger partial charge in [-0.05, 0) is 31.9 Å². The van der Waals surface area contributed by atoms with Crippen LogP contribution in [0, 0.1) is 0 Å². The number of nitrogens with one attached hydrogen (secondary N) is 1. The summed E-state index contributed by atoms with van der Waals surface area (Å²) in [4.78, 5) is 16.0. The number of carbonyl (C=O) groups excluding carboxylic acids is 1. The third kappa shape index (κ3) is 6.58. The van der Waals surface area contributed by atoms with Gasteiger partial charge in [0.25, 0.3) is 0 Å². The molecule has 0 saturated carbocycles. The molecule has 0 aliphatic carbocycles. The van der Waals surface area contributed by atoms with E-state index in [4.69, 9.17) is 9.47 Å². The largest absolute Gasteiger partial charge is 0.490 e. The summed E-state index contributed by atoms with van der Waals surface area (Å²) in [5.74, 6) is 1.53. The molecule has 0 unspecified atom stereocenters. The Kier molecular flexibility index (Phi) is 8.10. The zero-order valence-corrected chi connectivity index (χ0v) is 14.8. The van der Waals surface area contributed by atoms with Crippen molar-refractivity contribution in [2.45, 2.75) is 32.6 Å². The van der Waals surface area contributed by atoms with Gasteiger partial charge in [-0.3, -0.25) is 4.79 Å². The SMILES string of the molecule is CCOc1ccccc1OCCCC(=O)NCCCc1nccs1. The molecule has 2 rings (SSSR count). The summed E-state index contributed by atoms with van der Waals surface area (Å²) in [5, 5.41) is 6.02. The van der Waals surface area contributed by atoms with E-state index in [0.717, 1.165) is 29.3 Å². The molecule has 0 saturated heterocycles. The predicted octanol–water partition coefficient (Wildman–Crippen LogP) is 3.45. The van der Waals surface area contributed by atoms with Crippen LogP contribution in [0.4, 0.5) is 0 Å². The molecule has 1 aromatic carbocycles. The standard InChI is InChI=1S/C18H24N2O3S/c1-2-22-15-7-3-4-8-16(15)23-13-6-9-17(21)19-11-5-10-18-20-12-14-24-18/h3-4,7-8,12,14H,2,5-6,9-11,13H2,1H3,(H,19,21). The Morgan fingerprint density at radius 1 is 1.21 bits per heavy atom. The van der Waals surface area contributed by atoms with Crippen LogP contribution in [0.15, 0.2) is 35.8 Å². The number of amides is 1. The molecule has 6 heteroatoms. The quantitative estimate of drug-likeness (QED) is 0.632. The molecular formula is C18H24N2O3S. The van der Waals surface area contributed by atoms with Gasteiger partial charge in [-0.1, -0.05) is 12.1 Å². The van der Waals surface area contributed by atoms with Crippen LogP contribution in [0.5, 0.6) is 11.5 Å². The molecule has 0 bridgehead atoms. The third-order valence-electron chi connectivity index (χ3n) is 3.33. The number of carbonyl (C=O) groups is 1. The molecule has 1 amide bonds. The van der Waals surface area contributed by atoms with E-state index in [9.17, 15) is 4.79 Å². The fourth-order valence-corrected chi connectivity index (χ4v) is 2.85. The van der Waals surface area contributed by atoms with Crippen molar-refractivity contribution in [3.63, 3.8) is 0 Å². The van der Waals surface area contributed by atoms with Crippen LogP contribution < -0.4 is 14.8 Å². The van der Waals surface area contributed by atoms with Crippen LogP contribution in [-0.2, 0) is 11.2 Å². The zero-order valence-electron chi connectivity index (χ0n) is 14.0. The summed E-state index contributed by atoms with van der Waals surface area (Å²) in [6, 6.07) is 7.59. The van der Waals surface area contributed by atoms with Crippen molar-refractivity contribution >= 4 is 17.2 Å². The van der Waals surface area contributed by atoms with Gasteiger partial charge in [-0.2, -0.15) is 0 Å². The Balaban J connectivity index is 1.56. The average molecular weight is 348 g/mol. The van der Waals surface area contributed by atoms with Crippen molar-refractivity contribution in [2.75, 3.05) is 19.8 Å². The molecule has 0 fully saturated rings.